The maximum atomic E-state index is 14.1. The van der Waals surface area contributed by atoms with E-state index in [4.69, 9.17) is 9.05 Å². The molecule has 0 aliphatic heterocycles. The van der Waals surface area contributed by atoms with Crippen LogP contribution in [0.25, 0.3) is 0 Å². The highest BCUT2D eigenvalue weighted by molar-refractivity contribution is 7.54. The van der Waals surface area contributed by atoms with Gasteiger partial charge in [-0.25, -0.2) is 0 Å². The average molecular weight is 367 g/mol. The molecule has 0 radical (unpaired) electrons. The standard InChI is InChI=1S/C17H19FNO5P/c1-3-23-25(22,24-4-2)17(13-8-6-5-7-9-13)14-10-11-16(19(20)21)15(18)12-14/h5-12,17H,3-4H2,1-2H3. The van der Waals surface area contributed by atoms with Crippen molar-refractivity contribution in [1.82, 2.24) is 0 Å². The van der Waals surface area contributed by atoms with Crippen LogP contribution in [0.3, 0.4) is 0 Å². The minimum absolute atomic E-state index is 0.149. The minimum atomic E-state index is -3.67. The summed E-state index contributed by atoms with van der Waals surface area (Å²) in [5.41, 5.74) is -0.623. The van der Waals surface area contributed by atoms with E-state index < -0.39 is 29.7 Å². The SMILES string of the molecule is CCOP(=O)(OCC)C(c1ccccc1)c1ccc([N+](=O)[O-])c(F)c1. The first kappa shape index (κ1) is 19.2. The van der Waals surface area contributed by atoms with Gasteiger partial charge in [-0.3, -0.25) is 14.7 Å². The van der Waals surface area contributed by atoms with Crippen LogP contribution in [-0.4, -0.2) is 18.1 Å². The summed E-state index contributed by atoms with van der Waals surface area (Å²) in [5.74, 6) is -0.997. The van der Waals surface area contributed by atoms with Gasteiger partial charge in [-0.05, 0) is 31.0 Å². The van der Waals surface area contributed by atoms with E-state index >= 15 is 0 Å². The monoisotopic (exact) mass is 367 g/mol. The molecule has 134 valence electrons. The van der Waals surface area contributed by atoms with E-state index in [-0.39, 0.29) is 13.2 Å². The van der Waals surface area contributed by atoms with Crippen molar-refractivity contribution in [1.29, 1.82) is 0 Å². The molecule has 2 aromatic carbocycles. The molecule has 0 bridgehead atoms. The van der Waals surface area contributed by atoms with Crippen LogP contribution in [0.1, 0.15) is 30.6 Å². The summed E-state index contributed by atoms with van der Waals surface area (Å²) in [6, 6.07) is 12.2. The molecule has 0 spiro atoms. The Morgan fingerprint density at radius 2 is 1.68 bits per heavy atom. The quantitative estimate of drug-likeness (QED) is 0.369. The molecule has 1 unspecified atom stereocenters. The second-order valence-corrected chi connectivity index (χ2v) is 7.27. The van der Waals surface area contributed by atoms with Crippen molar-refractivity contribution in [2.75, 3.05) is 13.2 Å². The summed E-state index contributed by atoms with van der Waals surface area (Å²) in [5, 5.41) is 10.8. The Morgan fingerprint density at radius 1 is 1.08 bits per heavy atom. The Labute approximate surface area is 145 Å². The third-order valence-corrected chi connectivity index (χ3v) is 6.00. The summed E-state index contributed by atoms with van der Waals surface area (Å²) < 4.78 is 38.3. The Hall–Kier alpha value is -2.08. The first-order valence-electron chi connectivity index (χ1n) is 7.80. The highest BCUT2D eigenvalue weighted by Crippen LogP contribution is 2.63. The number of nitro benzene ring substituents is 1. The highest BCUT2D eigenvalue weighted by Gasteiger charge is 2.38. The first-order valence-corrected chi connectivity index (χ1v) is 9.41. The van der Waals surface area contributed by atoms with Gasteiger partial charge in [-0.15, -0.1) is 0 Å². The molecule has 2 rings (SSSR count). The lowest BCUT2D eigenvalue weighted by Gasteiger charge is -2.27. The topological polar surface area (TPSA) is 78.7 Å². The Balaban J connectivity index is 2.61. The maximum absolute atomic E-state index is 14.1. The van der Waals surface area contributed by atoms with E-state index in [1.165, 1.54) is 6.07 Å². The first-order chi connectivity index (χ1) is 11.9. The van der Waals surface area contributed by atoms with Gasteiger partial charge in [0.15, 0.2) is 0 Å². The molecule has 0 saturated heterocycles. The number of nitrogens with zero attached hydrogens (tertiary/aromatic N) is 1. The molecule has 0 saturated carbocycles. The van der Waals surface area contributed by atoms with E-state index in [9.17, 15) is 19.1 Å². The van der Waals surface area contributed by atoms with Crippen molar-refractivity contribution in [2.45, 2.75) is 19.5 Å². The molecule has 0 N–H and O–H groups in total. The van der Waals surface area contributed by atoms with Crippen molar-refractivity contribution in [2.24, 2.45) is 0 Å². The lowest BCUT2D eigenvalue weighted by atomic mass is 10.0. The van der Waals surface area contributed by atoms with Crippen LogP contribution in [0.15, 0.2) is 48.5 Å². The fraction of sp³-hybridized carbons (Fsp3) is 0.294. The molecule has 25 heavy (non-hydrogen) atoms. The van der Waals surface area contributed by atoms with E-state index in [1.54, 1.807) is 44.2 Å². The van der Waals surface area contributed by atoms with E-state index in [2.05, 4.69) is 0 Å². The van der Waals surface area contributed by atoms with E-state index in [0.29, 0.717) is 11.1 Å². The molecule has 0 amide bonds. The molecule has 8 heteroatoms. The lowest BCUT2D eigenvalue weighted by Crippen LogP contribution is -2.09. The van der Waals surface area contributed by atoms with Crippen molar-refractivity contribution in [3.05, 3.63) is 75.6 Å². The van der Waals surface area contributed by atoms with Crippen LogP contribution in [-0.2, 0) is 13.6 Å². The largest absolute Gasteiger partial charge is 0.342 e. The smallest absolute Gasteiger partial charge is 0.308 e. The van der Waals surface area contributed by atoms with Crippen LogP contribution in [0, 0.1) is 15.9 Å². The summed E-state index contributed by atoms with van der Waals surface area (Å²) in [7, 11) is -3.67. The normalized spacial score (nSPS) is 12.8. The lowest BCUT2D eigenvalue weighted by molar-refractivity contribution is -0.387. The van der Waals surface area contributed by atoms with Gasteiger partial charge in [0.25, 0.3) is 0 Å². The fourth-order valence-corrected chi connectivity index (χ4v) is 4.74. The molecule has 0 fully saturated rings. The van der Waals surface area contributed by atoms with E-state index in [1.807, 2.05) is 0 Å². The van der Waals surface area contributed by atoms with Gasteiger partial charge in [0.2, 0.25) is 5.82 Å². The number of rotatable bonds is 8. The zero-order chi connectivity index (χ0) is 18.4. The zero-order valence-electron chi connectivity index (χ0n) is 13.9. The Morgan fingerprint density at radius 3 is 2.16 bits per heavy atom. The van der Waals surface area contributed by atoms with Gasteiger partial charge < -0.3 is 9.05 Å². The molecule has 1 atom stereocenters. The molecular formula is C17H19FNO5P. The van der Waals surface area contributed by atoms with E-state index in [0.717, 1.165) is 12.1 Å². The van der Waals surface area contributed by atoms with Crippen LogP contribution in [0.5, 0.6) is 0 Å². The minimum Gasteiger partial charge on any atom is -0.308 e. The maximum Gasteiger partial charge on any atom is 0.342 e. The molecule has 0 aromatic heterocycles. The van der Waals surface area contributed by atoms with Crippen LogP contribution in [0.4, 0.5) is 10.1 Å². The summed E-state index contributed by atoms with van der Waals surface area (Å²) in [6.45, 7) is 3.67. The van der Waals surface area contributed by atoms with Gasteiger partial charge in [0.05, 0.1) is 18.1 Å². The van der Waals surface area contributed by atoms with Gasteiger partial charge in [-0.1, -0.05) is 36.4 Å². The summed E-state index contributed by atoms with van der Waals surface area (Å²) in [6.07, 6.45) is 0. The summed E-state index contributed by atoms with van der Waals surface area (Å²) >= 11 is 0. The highest BCUT2D eigenvalue weighted by atomic mass is 31.2. The van der Waals surface area contributed by atoms with Crippen molar-refractivity contribution >= 4 is 13.3 Å². The number of hydrogen-bond donors (Lipinski definition) is 0. The number of benzene rings is 2. The van der Waals surface area contributed by atoms with Gasteiger partial charge in [-0.2, -0.15) is 4.39 Å². The molecule has 0 heterocycles. The number of halogens is 1. The van der Waals surface area contributed by atoms with Gasteiger partial charge in [0, 0.05) is 6.07 Å². The predicted molar refractivity (Wildman–Crippen MR) is 92.2 cm³/mol. The molecule has 2 aromatic rings. The Kier molecular flexibility index (Phi) is 6.42. The third kappa shape index (κ3) is 4.31. The average Bonchev–Trinajstić information content (AvgIpc) is 2.56. The van der Waals surface area contributed by atoms with Crippen LogP contribution in [0.2, 0.25) is 0 Å². The second-order valence-electron chi connectivity index (χ2n) is 5.16. The van der Waals surface area contributed by atoms with Crippen LogP contribution < -0.4 is 0 Å². The van der Waals surface area contributed by atoms with Crippen molar-refractivity contribution in [3.8, 4) is 0 Å². The zero-order valence-corrected chi connectivity index (χ0v) is 14.8. The van der Waals surface area contributed by atoms with Gasteiger partial charge in [0.1, 0.15) is 5.66 Å². The van der Waals surface area contributed by atoms with Gasteiger partial charge >= 0.3 is 13.3 Å². The van der Waals surface area contributed by atoms with Crippen molar-refractivity contribution < 1.29 is 22.9 Å². The molecule has 0 aliphatic carbocycles. The number of hydrogen-bond acceptors (Lipinski definition) is 5. The molecule has 0 aliphatic rings. The third-order valence-electron chi connectivity index (χ3n) is 3.53. The number of nitro groups is 1. The second kappa shape index (κ2) is 8.34. The molecule has 6 nitrogen and oxygen atoms in total. The van der Waals surface area contributed by atoms with Crippen LogP contribution >= 0.6 is 7.60 Å². The predicted octanol–water partition coefficient (Wildman–Crippen LogP) is 5.09. The Bertz CT molecular complexity index is 774. The fourth-order valence-electron chi connectivity index (χ4n) is 2.58. The molecular weight excluding hydrogens is 348 g/mol. The summed E-state index contributed by atoms with van der Waals surface area (Å²) in [4.78, 5) is 10.0. The van der Waals surface area contributed by atoms with Crippen molar-refractivity contribution in [3.63, 3.8) is 0 Å².